The minimum absolute atomic E-state index is 0.233. The molecule has 0 N–H and O–H groups in total. The average Bonchev–Trinajstić information content (AvgIpc) is 3.32. The van der Waals surface area contributed by atoms with Crippen LogP contribution in [-0.4, -0.2) is 24.9 Å². The molecule has 0 unspecified atom stereocenters. The predicted molar refractivity (Wildman–Crippen MR) is 142 cm³/mol. The topological polar surface area (TPSA) is 77.6 Å². The first-order chi connectivity index (χ1) is 17.7. The van der Waals surface area contributed by atoms with Gasteiger partial charge in [-0.3, -0.25) is 0 Å². The summed E-state index contributed by atoms with van der Waals surface area (Å²) in [6.07, 6.45) is 0. The molecule has 7 heteroatoms. The highest BCUT2D eigenvalue weighted by atomic mass is 35.5. The maximum absolute atomic E-state index is 6.60. The molecule has 3 heterocycles. The second-order valence-electron chi connectivity index (χ2n) is 8.30. The van der Waals surface area contributed by atoms with Gasteiger partial charge in [-0.1, -0.05) is 84.4 Å². The van der Waals surface area contributed by atoms with E-state index in [1.807, 2.05) is 97.1 Å². The molecule has 0 aliphatic carbocycles. The lowest BCUT2D eigenvalue weighted by atomic mass is 10.1. The minimum Gasteiger partial charge on any atom is -0.456 e. The zero-order chi connectivity index (χ0) is 24.1. The summed E-state index contributed by atoms with van der Waals surface area (Å²) < 4.78 is 6.10. The number of aromatic nitrogens is 5. The molecule has 7 rings (SSSR count). The summed E-state index contributed by atoms with van der Waals surface area (Å²) in [5, 5.41) is 2.17. The quantitative estimate of drug-likeness (QED) is 0.260. The van der Waals surface area contributed by atoms with Crippen molar-refractivity contribution in [2.24, 2.45) is 0 Å². The van der Waals surface area contributed by atoms with Crippen molar-refractivity contribution in [2.45, 2.75) is 0 Å². The lowest BCUT2D eigenvalue weighted by Gasteiger charge is -2.10. The molecule has 0 aliphatic heterocycles. The molecule has 6 nitrogen and oxygen atoms in total. The second-order valence-corrected chi connectivity index (χ2v) is 8.66. The van der Waals surface area contributed by atoms with Gasteiger partial charge in [-0.25, -0.2) is 24.9 Å². The standard InChI is InChI=1S/C29H16ClN5O/c30-26-25(31-20-13-5-6-14-21(20)32-26)29-34-27(17-9-2-1-3-10-17)33-28(35-29)19-12-8-16-23-24(19)18-11-4-7-15-22(18)36-23/h1-16H. The lowest BCUT2D eigenvalue weighted by molar-refractivity contribution is 0.669. The summed E-state index contributed by atoms with van der Waals surface area (Å²) in [7, 11) is 0. The van der Waals surface area contributed by atoms with Gasteiger partial charge in [-0.2, -0.15) is 0 Å². The number of hydrogen-bond donors (Lipinski definition) is 0. The zero-order valence-corrected chi connectivity index (χ0v) is 19.5. The Morgan fingerprint density at radius 3 is 2.06 bits per heavy atom. The number of benzene rings is 4. The number of hydrogen-bond acceptors (Lipinski definition) is 6. The van der Waals surface area contributed by atoms with E-state index in [9.17, 15) is 0 Å². The van der Waals surface area contributed by atoms with Crippen molar-refractivity contribution in [3.05, 3.63) is 102 Å². The first-order valence-electron chi connectivity index (χ1n) is 11.4. The van der Waals surface area contributed by atoms with Crippen LogP contribution in [0.1, 0.15) is 0 Å². The van der Waals surface area contributed by atoms with Crippen LogP contribution in [0.2, 0.25) is 5.15 Å². The highest BCUT2D eigenvalue weighted by Gasteiger charge is 2.20. The van der Waals surface area contributed by atoms with Crippen LogP contribution in [0.25, 0.3) is 67.3 Å². The Hall–Kier alpha value is -4.68. The third kappa shape index (κ3) is 3.39. The molecule has 0 bridgehead atoms. The zero-order valence-electron chi connectivity index (χ0n) is 18.8. The highest BCUT2D eigenvalue weighted by molar-refractivity contribution is 6.32. The smallest absolute Gasteiger partial charge is 0.185 e. The fourth-order valence-corrected chi connectivity index (χ4v) is 4.62. The highest BCUT2D eigenvalue weighted by Crippen LogP contribution is 2.36. The Labute approximate surface area is 210 Å². The predicted octanol–water partition coefficient (Wildman–Crippen LogP) is 7.37. The minimum atomic E-state index is 0.233. The summed E-state index contributed by atoms with van der Waals surface area (Å²) >= 11 is 6.60. The van der Waals surface area contributed by atoms with Gasteiger partial charge in [0.2, 0.25) is 0 Å². The Morgan fingerprint density at radius 2 is 1.19 bits per heavy atom. The summed E-state index contributed by atoms with van der Waals surface area (Å²) in [5.41, 5.74) is 5.09. The molecule has 7 aromatic rings. The third-order valence-corrected chi connectivity index (χ3v) is 6.31. The molecule has 36 heavy (non-hydrogen) atoms. The first-order valence-corrected chi connectivity index (χ1v) is 11.8. The van der Waals surface area contributed by atoms with Gasteiger partial charge >= 0.3 is 0 Å². The van der Waals surface area contributed by atoms with E-state index in [4.69, 9.17) is 36.0 Å². The molecule has 4 aromatic carbocycles. The maximum Gasteiger partial charge on any atom is 0.185 e. The number of furan rings is 1. The third-order valence-electron chi connectivity index (χ3n) is 6.05. The molecule has 0 atom stereocenters. The van der Waals surface area contributed by atoms with Gasteiger partial charge in [-0.15, -0.1) is 0 Å². The van der Waals surface area contributed by atoms with Crippen molar-refractivity contribution in [2.75, 3.05) is 0 Å². The molecule has 3 aromatic heterocycles. The fourth-order valence-electron chi connectivity index (χ4n) is 4.40. The van der Waals surface area contributed by atoms with E-state index in [1.165, 1.54) is 0 Å². The molecule has 0 fully saturated rings. The SMILES string of the molecule is Clc1nc2ccccc2nc1-c1nc(-c2ccccc2)nc(-c2cccc3oc4ccccc4c23)n1. The number of nitrogens with zero attached hydrogens (tertiary/aromatic N) is 5. The van der Waals surface area contributed by atoms with Gasteiger partial charge in [0, 0.05) is 21.9 Å². The van der Waals surface area contributed by atoms with Gasteiger partial charge in [0.15, 0.2) is 22.6 Å². The lowest BCUT2D eigenvalue weighted by Crippen LogP contribution is -2.02. The fraction of sp³-hybridized carbons (Fsp3) is 0. The number of rotatable bonds is 3. The molecular formula is C29H16ClN5O. The van der Waals surface area contributed by atoms with Crippen LogP contribution in [-0.2, 0) is 0 Å². The monoisotopic (exact) mass is 485 g/mol. The molecular weight excluding hydrogens is 470 g/mol. The van der Waals surface area contributed by atoms with Crippen LogP contribution in [0.3, 0.4) is 0 Å². The summed E-state index contributed by atoms with van der Waals surface area (Å²) in [4.78, 5) is 23.8. The van der Waals surface area contributed by atoms with Gasteiger partial charge in [0.05, 0.1) is 11.0 Å². The summed E-state index contributed by atoms with van der Waals surface area (Å²) in [6.45, 7) is 0. The van der Waals surface area contributed by atoms with Crippen LogP contribution in [0.4, 0.5) is 0 Å². The van der Waals surface area contributed by atoms with Crippen LogP contribution >= 0.6 is 11.6 Å². The van der Waals surface area contributed by atoms with Crippen molar-refractivity contribution in [1.29, 1.82) is 0 Å². The van der Waals surface area contributed by atoms with E-state index in [1.54, 1.807) is 0 Å². The Kier molecular flexibility index (Phi) is 4.72. The molecule has 0 amide bonds. The number of fused-ring (bicyclic) bond motifs is 4. The first kappa shape index (κ1) is 20.7. The van der Waals surface area contributed by atoms with Crippen molar-refractivity contribution in [3.8, 4) is 34.3 Å². The van der Waals surface area contributed by atoms with Crippen molar-refractivity contribution < 1.29 is 4.42 Å². The largest absolute Gasteiger partial charge is 0.456 e. The van der Waals surface area contributed by atoms with Crippen LogP contribution in [0.15, 0.2) is 101 Å². The van der Waals surface area contributed by atoms with E-state index in [-0.39, 0.29) is 5.15 Å². The van der Waals surface area contributed by atoms with E-state index < -0.39 is 0 Å². The van der Waals surface area contributed by atoms with Crippen LogP contribution in [0, 0.1) is 0 Å². The number of para-hydroxylation sites is 3. The molecule has 0 radical (unpaired) electrons. The number of halogens is 1. The van der Waals surface area contributed by atoms with Crippen LogP contribution in [0.5, 0.6) is 0 Å². The van der Waals surface area contributed by atoms with Gasteiger partial charge in [0.25, 0.3) is 0 Å². The Bertz CT molecular complexity index is 1920. The van der Waals surface area contributed by atoms with E-state index in [0.717, 1.165) is 33.1 Å². The van der Waals surface area contributed by atoms with E-state index in [2.05, 4.69) is 4.98 Å². The molecule has 0 aliphatic rings. The van der Waals surface area contributed by atoms with Crippen LogP contribution < -0.4 is 0 Å². The van der Waals surface area contributed by atoms with Gasteiger partial charge in [0.1, 0.15) is 16.9 Å². The van der Waals surface area contributed by atoms with Gasteiger partial charge in [-0.05, 0) is 24.3 Å². The molecule has 0 saturated carbocycles. The molecule has 0 saturated heterocycles. The molecule has 170 valence electrons. The van der Waals surface area contributed by atoms with E-state index in [0.29, 0.717) is 34.2 Å². The van der Waals surface area contributed by atoms with E-state index >= 15 is 0 Å². The second kappa shape index (κ2) is 8.22. The average molecular weight is 486 g/mol. The van der Waals surface area contributed by atoms with Gasteiger partial charge < -0.3 is 4.42 Å². The Morgan fingerprint density at radius 1 is 0.528 bits per heavy atom. The maximum atomic E-state index is 6.60. The summed E-state index contributed by atoms with van der Waals surface area (Å²) in [5.74, 6) is 1.38. The Balaban J connectivity index is 1.53. The van der Waals surface area contributed by atoms with Crippen molar-refractivity contribution >= 4 is 44.6 Å². The normalized spacial score (nSPS) is 11.5. The summed E-state index contributed by atoms with van der Waals surface area (Å²) in [6, 6.07) is 31.2. The molecule has 0 spiro atoms. The van der Waals surface area contributed by atoms with Crippen molar-refractivity contribution in [1.82, 2.24) is 24.9 Å². The van der Waals surface area contributed by atoms with Crippen molar-refractivity contribution in [3.63, 3.8) is 0 Å².